The molecule has 490 valence electrons. The van der Waals surface area contributed by atoms with Crippen LogP contribution in [-0.4, -0.2) is 221 Å². The predicted octanol–water partition coefficient (Wildman–Crippen LogP) is 3.72. The van der Waals surface area contributed by atoms with Gasteiger partial charge in [-0.2, -0.15) is 0 Å². The molecule has 0 aliphatic carbocycles. The van der Waals surface area contributed by atoms with Crippen molar-refractivity contribution in [3.05, 3.63) is 12.2 Å². The lowest BCUT2D eigenvalue weighted by Gasteiger charge is -2.41. The zero-order valence-electron chi connectivity index (χ0n) is 56.8. The quantitative estimate of drug-likeness (QED) is 0.135. The Morgan fingerprint density at radius 1 is 0.430 bits per heavy atom. The van der Waals surface area contributed by atoms with Gasteiger partial charge in [0.2, 0.25) is 59.1 Å². The fourth-order valence-corrected chi connectivity index (χ4v) is 10.7. The molecule has 1 saturated heterocycles. The minimum atomic E-state index is -1.82. The highest BCUT2D eigenvalue weighted by molar-refractivity contribution is 6.10. The molecule has 23 nitrogen and oxygen atoms in total. The van der Waals surface area contributed by atoms with Crippen LogP contribution in [0.3, 0.4) is 0 Å². The molecular formula is C63H111N11O12. The number of carbonyl (C=O) groups excluding carboxylic acids is 12. The Balaban J connectivity index is 4.37. The number of amides is 11. The summed E-state index contributed by atoms with van der Waals surface area (Å²) in [6, 6.07) is -12.7. The predicted molar refractivity (Wildman–Crippen MR) is 332 cm³/mol. The number of hydrogen-bond acceptors (Lipinski definition) is 12. The summed E-state index contributed by atoms with van der Waals surface area (Å²) in [6.07, 6.45) is 4.28. The highest BCUT2D eigenvalue weighted by Gasteiger charge is 2.46. The second-order valence-corrected chi connectivity index (χ2v) is 26.6. The molecule has 0 saturated carbocycles. The number of Topliss-reactive ketones (excluding diaryl/α,β-unsaturated/α-hetero) is 1. The van der Waals surface area contributed by atoms with Gasteiger partial charge in [0.05, 0.1) is 6.54 Å². The molecule has 4 N–H and O–H groups in total. The van der Waals surface area contributed by atoms with Gasteiger partial charge in [-0.15, -0.1) is 0 Å². The maximum atomic E-state index is 15.2. The molecule has 23 heteroatoms. The Labute approximate surface area is 514 Å². The average Bonchev–Trinajstić information content (AvgIpc) is 2.16. The van der Waals surface area contributed by atoms with Crippen LogP contribution in [0.25, 0.3) is 0 Å². The minimum Gasteiger partial charge on any atom is -0.343 e. The maximum Gasteiger partial charge on any atom is 0.251 e. The Morgan fingerprint density at radius 3 is 1.26 bits per heavy atom. The number of carbonyl (C=O) groups is 12. The van der Waals surface area contributed by atoms with E-state index in [-0.39, 0.29) is 55.8 Å². The van der Waals surface area contributed by atoms with Gasteiger partial charge in [-0.05, 0) is 94.3 Å². The van der Waals surface area contributed by atoms with Crippen LogP contribution in [-0.2, 0) is 57.5 Å². The Bertz CT molecular complexity index is 2410. The molecule has 1 aliphatic rings. The summed E-state index contributed by atoms with van der Waals surface area (Å²) in [5, 5.41) is 11.0. The van der Waals surface area contributed by atoms with E-state index >= 15 is 9.59 Å². The summed E-state index contributed by atoms with van der Waals surface area (Å²) in [6.45, 7) is 30.8. The van der Waals surface area contributed by atoms with Crippen molar-refractivity contribution < 1.29 is 57.5 Å². The molecule has 0 radical (unpaired) electrons. The first kappa shape index (κ1) is 77.6. The first-order valence-electron chi connectivity index (χ1n) is 30.8. The summed E-state index contributed by atoms with van der Waals surface area (Å²) in [5.41, 5.74) is 0. The lowest BCUT2D eigenvalue weighted by molar-refractivity contribution is -0.157. The van der Waals surface area contributed by atoms with Crippen LogP contribution in [0.15, 0.2) is 12.2 Å². The molecule has 11 amide bonds. The van der Waals surface area contributed by atoms with Crippen molar-refractivity contribution in [1.29, 1.82) is 0 Å². The third-order valence-electron chi connectivity index (χ3n) is 16.1. The monoisotopic (exact) mass is 1210 g/mol. The van der Waals surface area contributed by atoms with E-state index in [2.05, 4.69) is 21.3 Å². The van der Waals surface area contributed by atoms with Crippen LogP contribution in [0.5, 0.6) is 0 Å². The molecule has 0 bridgehead atoms. The lowest BCUT2D eigenvalue weighted by Crippen LogP contribution is -2.63. The third kappa shape index (κ3) is 21.5. The molecule has 1 unspecified atom stereocenters. The number of ketones is 1. The smallest absolute Gasteiger partial charge is 0.251 e. The van der Waals surface area contributed by atoms with Crippen LogP contribution < -0.4 is 21.3 Å². The number of allylic oxidation sites excluding steroid dienone is 2. The molecule has 11 atom stereocenters. The van der Waals surface area contributed by atoms with Gasteiger partial charge in [-0.3, -0.25) is 57.5 Å². The Hall–Kier alpha value is -6.42. The van der Waals surface area contributed by atoms with Crippen molar-refractivity contribution in [3.63, 3.8) is 0 Å². The third-order valence-corrected chi connectivity index (χ3v) is 16.1. The van der Waals surface area contributed by atoms with Crippen molar-refractivity contribution in [2.24, 2.45) is 47.3 Å². The first-order chi connectivity index (χ1) is 39.6. The number of likely N-dealkylation sites (N-methyl/N-ethyl adjacent to an activating group) is 7. The number of hydrogen-bond donors (Lipinski definition) is 4. The molecule has 1 fully saturated rings. The average molecular weight is 1210 g/mol. The maximum absolute atomic E-state index is 15.2. The van der Waals surface area contributed by atoms with Gasteiger partial charge >= 0.3 is 0 Å². The highest BCUT2D eigenvalue weighted by Crippen LogP contribution is 2.25. The number of rotatable bonds is 15. The van der Waals surface area contributed by atoms with E-state index in [0.717, 1.165) is 9.80 Å². The van der Waals surface area contributed by atoms with Gasteiger partial charge in [0.25, 0.3) is 5.91 Å². The van der Waals surface area contributed by atoms with Crippen molar-refractivity contribution in [3.8, 4) is 0 Å². The second-order valence-electron chi connectivity index (χ2n) is 26.6. The van der Waals surface area contributed by atoms with E-state index in [1.54, 1.807) is 67.5 Å². The van der Waals surface area contributed by atoms with E-state index in [1.807, 2.05) is 55.4 Å². The molecular weight excluding hydrogens is 1100 g/mol. The van der Waals surface area contributed by atoms with E-state index < -0.39 is 161 Å². The zero-order chi connectivity index (χ0) is 66.8. The molecule has 1 rings (SSSR count). The fraction of sp³-hybridized carbons (Fsp3) is 0.778. The van der Waals surface area contributed by atoms with Crippen LogP contribution in [0, 0.1) is 47.3 Å². The van der Waals surface area contributed by atoms with Crippen molar-refractivity contribution in [2.45, 2.75) is 217 Å². The molecule has 0 spiro atoms. The van der Waals surface area contributed by atoms with E-state index in [4.69, 9.17) is 0 Å². The standard InChI is InChI=1S/C63H111N11O12/c1-26-27-28-41(16)53(76)52-57(80)67-49(38(10)11)61(84)68(19)33-48(75)69(20)44(29-34(2)3)56(79)66-50(39(12)13)62(85)70(21)45(30-35(4)5)55(78)64-42(17)54(77)65-43(18)58(81)71(22)46(31-36(6)7)59(82)72(23)47(32-37(8)9)60(83)73(24)51(40(14)15)63(86)74(52)25/h26-27,34-47,49-52H,28-33H2,1-25H3,(H,64,78)(H,65,77)(H,66,79)(H,67,80)/b27-26+/t41-,42+,43+,44+,45+,46+,47+,49+,50+,51+,52?/m1/s1. The first-order valence-corrected chi connectivity index (χ1v) is 30.8. The minimum absolute atomic E-state index is 0.128. The molecule has 0 aromatic rings. The van der Waals surface area contributed by atoms with Crippen molar-refractivity contribution >= 4 is 70.8 Å². The molecule has 0 aromatic heterocycles. The molecule has 86 heavy (non-hydrogen) atoms. The zero-order valence-corrected chi connectivity index (χ0v) is 56.8. The molecule has 0 aromatic carbocycles. The van der Waals surface area contributed by atoms with Crippen LogP contribution in [0.2, 0.25) is 0 Å². The summed E-state index contributed by atoms with van der Waals surface area (Å²) in [5.74, 6) is -11.6. The van der Waals surface area contributed by atoms with Gasteiger partial charge in [-0.25, -0.2) is 0 Å². The summed E-state index contributed by atoms with van der Waals surface area (Å²) < 4.78 is 0. The Kier molecular flexibility index (Phi) is 31.4. The lowest BCUT2D eigenvalue weighted by atomic mass is 9.92. The van der Waals surface area contributed by atoms with Gasteiger partial charge in [0.15, 0.2) is 11.8 Å². The molecule has 1 heterocycles. The largest absolute Gasteiger partial charge is 0.343 e. The van der Waals surface area contributed by atoms with Crippen LogP contribution in [0.4, 0.5) is 0 Å². The van der Waals surface area contributed by atoms with E-state index in [1.165, 1.54) is 87.7 Å². The highest BCUT2D eigenvalue weighted by atomic mass is 16.2. The fourth-order valence-electron chi connectivity index (χ4n) is 10.7. The number of nitrogens with zero attached hydrogens (tertiary/aromatic N) is 7. The van der Waals surface area contributed by atoms with Gasteiger partial charge < -0.3 is 55.6 Å². The van der Waals surface area contributed by atoms with Crippen molar-refractivity contribution in [1.82, 2.24) is 55.6 Å². The SMILES string of the molecule is C/C=C/C[C@@H](C)C(=O)C1C(=O)N[C@@H](C(C)C)C(=O)N(C)CC(=O)N(C)[C@@H](CC(C)C)C(=O)N[C@@H](C(C)C)C(=O)N(C)[C@@H](CC(C)C)C(=O)N[C@@H](C)C(=O)N[C@@H](C)C(=O)N(C)[C@@H](CC(C)C)C(=O)N(C)[C@@H](CC(C)C)C(=O)N(C)[C@@H](C(C)C)C(=O)N1C. The topological polar surface area (TPSA) is 276 Å². The summed E-state index contributed by atoms with van der Waals surface area (Å²) >= 11 is 0. The summed E-state index contributed by atoms with van der Waals surface area (Å²) in [7, 11) is 9.80. The van der Waals surface area contributed by atoms with Gasteiger partial charge in [0.1, 0.15) is 54.4 Å². The second kappa shape index (κ2) is 34.8. The summed E-state index contributed by atoms with van der Waals surface area (Å²) in [4.78, 5) is 183. The molecule has 1 aliphatic heterocycles. The normalized spacial score (nSPS) is 26.4. The van der Waals surface area contributed by atoms with E-state index in [0.29, 0.717) is 0 Å². The van der Waals surface area contributed by atoms with Crippen LogP contribution in [0.1, 0.15) is 157 Å². The Morgan fingerprint density at radius 2 is 0.814 bits per heavy atom. The van der Waals surface area contributed by atoms with Gasteiger partial charge in [-0.1, -0.05) is 116 Å². The van der Waals surface area contributed by atoms with Gasteiger partial charge in [0, 0.05) is 55.3 Å². The van der Waals surface area contributed by atoms with Crippen molar-refractivity contribution in [2.75, 3.05) is 55.9 Å². The van der Waals surface area contributed by atoms with E-state index in [9.17, 15) is 47.9 Å². The number of nitrogens with one attached hydrogen (secondary N) is 4. The van der Waals surface area contributed by atoms with Crippen LogP contribution >= 0.6 is 0 Å².